The maximum atomic E-state index is 10.3. The van der Waals surface area contributed by atoms with Crippen LogP contribution in [0, 0.1) is 0 Å². The molecule has 0 aromatic carbocycles. The van der Waals surface area contributed by atoms with Gasteiger partial charge >= 0.3 is 35.5 Å². The Morgan fingerprint density at radius 1 is 0.682 bits per heavy atom. The molecule has 0 atom stereocenters. The molecule has 0 saturated carbocycles. The fourth-order valence-electron chi connectivity index (χ4n) is 2.65. The average Bonchev–Trinajstić information content (AvgIpc) is 2.43. The Morgan fingerprint density at radius 2 is 0.955 bits per heavy atom. The molecule has 0 saturated heterocycles. The van der Waals surface area contributed by atoms with Gasteiger partial charge in [-0.05, 0) is 17.4 Å². The van der Waals surface area contributed by atoms with Gasteiger partial charge in [0.2, 0.25) is 0 Å². The first-order chi connectivity index (χ1) is 9.77. The summed E-state index contributed by atoms with van der Waals surface area (Å²) in [6.45, 7) is 2.27. The maximum absolute atomic E-state index is 10.3. The van der Waals surface area contributed by atoms with Gasteiger partial charge in [0.25, 0.3) is 0 Å². The van der Waals surface area contributed by atoms with E-state index in [-0.39, 0.29) is 41.9 Å². The third-order valence-corrected chi connectivity index (χ3v) is 3.99. The smallest absolute Gasteiger partial charge is 1.00 e. The number of aliphatic carboxylic acids is 1. The summed E-state index contributed by atoms with van der Waals surface area (Å²) in [5.74, 6) is -0.653. The molecule has 0 unspecified atom stereocenters. The number of carboxylic acids is 1. The van der Waals surface area contributed by atoms with Crippen LogP contribution in [0.4, 0.5) is 0 Å². The van der Waals surface area contributed by atoms with Crippen molar-refractivity contribution in [3.05, 3.63) is 0 Å². The Kier molecular flexibility index (Phi) is 30.0. The maximum Gasteiger partial charge on any atom is 1.00 e. The van der Waals surface area contributed by atoms with E-state index >= 15 is 0 Å². The number of carboxylic acid groups (broad SMARTS) is 1. The van der Waals surface area contributed by atoms with Gasteiger partial charge in [-0.15, -0.1) is 0 Å². The minimum Gasteiger partial charge on any atom is -1.00 e. The van der Waals surface area contributed by atoms with Crippen molar-refractivity contribution in [3.8, 4) is 0 Å². The molecule has 0 aliphatic carbocycles. The standard InChI is InChI=1S/C18H36O2.Na.H4Si.H/c1-2-3-4-5-6-7-8-9-10-11-12-13-14-15-16-17-18(19)20;;;/h2-17H2,1H3,(H,19,20);;1H4;/q;+1;;-1. The number of hydrogen-bond donors (Lipinski definition) is 1. The molecule has 130 valence electrons. The molecule has 0 aliphatic rings. The molecule has 2 nitrogen and oxygen atoms in total. The topological polar surface area (TPSA) is 37.3 Å². The molecule has 4 heteroatoms. The van der Waals surface area contributed by atoms with Crippen molar-refractivity contribution in [1.29, 1.82) is 0 Å². The van der Waals surface area contributed by atoms with Crippen LogP contribution < -0.4 is 29.6 Å². The summed E-state index contributed by atoms with van der Waals surface area (Å²) < 4.78 is 0. The summed E-state index contributed by atoms with van der Waals surface area (Å²) in [7, 11) is 0. The Morgan fingerprint density at radius 3 is 1.23 bits per heavy atom. The molecule has 1 N–H and O–H groups in total. The van der Waals surface area contributed by atoms with Gasteiger partial charge in [0.05, 0.1) is 0 Å². The summed E-state index contributed by atoms with van der Waals surface area (Å²) in [6.07, 6.45) is 20.2. The molecule has 22 heavy (non-hydrogen) atoms. The van der Waals surface area contributed by atoms with Crippen molar-refractivity contribution < 1.29 is 40.9 Å². The molecule has 0 aliphatic heterocycles. The van der Waals surface area contributed by atoms with E-state index in [1.54, 1.807) is 0 Å². The molecular formula is C18H41NaO2Si. The van der Waals surface area contributed by atoms with E-state index in [0.29, 0.717) is 6.42 Å². The SMILES string of the molecule is CCCCCCCCCCCCCCCCCC(=O)O.[H-].[Na+].[SiH4]. The molecular weight excluding hydrogens is 299 g/mol. The first-order valence-corrected chi connectivity index (χ1v) is 8.99. The van der Waals surface area contributed by atoms with E-state index in [9.17, 15) is 4.79 Å². The van der Waals surface area contributed by atoms with Gasteiger partial charge < -0.3 is 6.53 Å². The van der Waals surface area contributed by atoms with Crippen molar-refractivity contribution in [2.45, 2.75) is 110 Å². The van der Waals surface area contributed by atoms with Crippen LogP contribution in [0.5, 0.6) is 0 Å². The zero-order chi connectivity index (χ0) is 14.9. The molecule has 0 aromatic rings. The first-order valence-electron chi connectivity index (χ1n) is 8.99. The Hall–Kier alpha value is 0.687. The van der Waals surface area contributed by atoms with E-state index in [2.05, 4.69) is 6.92 Å². The molecule has 0 heterocycles. The van der Waals surface area contributed by atoms with Gasteiger partial charge in [-0.25, -0.2) is 0 Å². The normalized spacial score (nSPS) is 9.86. The zero-order valence-corrected chi connectivity index (χ0v) is 16.7. The molecule has 0 rings (SSSR count). The van der Waals surface area contributed by atoms with Crippen LogP contribution in [0.2, 0.25) is 0 Å². The minimum absolute atomic E-state index is 0. The van der Waals surface area contributed by atoms with E-state index in [0.717, 1.165) is 12.8 Å². The second-order valence-corrected chi connectivity index (χ2v) is 6.09. The van der Waals surface area contributed by atoms with Crippen molar-refractivity contribution in [2.75, 3.05) is 0 Å². The van der Waals surface area contributed by atoms with E-state index in [1.165, 1.54) is 83.5 Å². The van der Waals surface area contributed by atoms with Gasteiger partial charge in [-0.1, -0.05) is 96.8 Å². The summed E-state index contributed by atoms with van der Waals surface area (Å²) in [5.41, 5.74) is 0. The van der Waals surface area contributed by atoms with E-state index in [4.69, 9.17) is 5.11 Å². The number of unbranched alkanes of at least 4 members (excludes halogenated alkanes) is 14. The van der Waals surface area contributed by atoms with Crippen LogP contribution >= 0.6 is 0 Å². The number of hydrogen-bond acceptors (Lipinski definition) is 1. The Bertz CT molecular complexity index is 219. The van der Waals surface area contributed by atoms with Gasteiger partial charge in [0, 0.05) is 6.42 Å². The van der Waals surface area contributed by atoms with Gasteiger partial charge in [0.1, 0.15) is 0 Å². The first kappa shape index (κ1) is 27.5. The summed E-state index contributed by atoms with van der Waals surface area (Å²) in [4.78, 5) is 10.3. The Balaban J connectivity index is -0.000000602. The second-order valence-electron chi connectivity index (χ2n) is 6.09. The molecule has 0 bridgehead atoms. The zero-order valence-electron chi connectivity index (χ0n) is 15.7. The van der Waals surface area contributed by atoms with Crippen LogP contribution in [-0.2, 0) is 4.79 Å². The van der Waals surface area contributed by atoms with E-state index < -0.39 is 5.97 Å². The van der Waals surface area contributed by atoms with Gasteiger partial charge in [-0.2, -0.15) is 0 Å². The van der Waals surface area contributed by atoms with Crippen molar-refractivity contribution in [1.82, 2.24) is 0 Å². The van der Waals surface area contributed by atoms with Crippen LogP contribution in [0.15, 0.2) is 0 Å². The van der Waals surface area contributed by atoms with Crippen LogP contribution in [0.25, 0.3) is 0 Å². The average molecular weight is 341 g/mol. The third-order valence-electron chi connectivity index (χ3n) is 3.99. The predicted octanol–water partition coefficient (Wildman–Crippen LogP) is 2.00. The fourth-order valence-corrected chi connectivity index (χ4v) is 2.65. The molecule has 0 fully saturated rings. The van der Waals surface area contributed by atoms with Gasteiger partial charge in [0.15, 0.2) is 0 Å². The molecule has 0 amide bonds. The van der Waals surface area contributed by atoms with Crippen LogP contribution in [0.3, 0.4) is 0 Å². The van der Waals surface area contributed by atoms with E-state index in [1.807, 2.05) is 0 Å². The second kappa shape index (κ2) is 23.9. The van der Waals surface area contributed by atoms with Crippen molar-refractivity contribution >= 4 is 16.9 Å². The summed E-state index contributed by atoms with van der Waals surface area (Å²) in [6, 6.07) is 0. The van der Waals surface area contributed by atoms with Gasteiger partial charge in [-0.3, -0.25) is 4.79 Å². The molecule has 0 radical (unpaired) electrons. The predicted molar refractivity (Wildman–Crippen MR) is 99.6 cm³/mol. The van der Waals surface area contributed by atoms with Crippen molar-refractivity contribution in [3.63, 3.8) is 0 Å². The largest absolute Gasteiger partial charge is 1.00 e. The number of rotatable bonds is 16. The Labute approximate surface area is 167 Å². The van der Waals surface area contributed by atoms with Crippen LogP contribution in [0.1, 0.15) is 111 Å². The summed E-state index contributed by atoms with van der Waals surface area (Å²) >= 11 is 0. The quantitative estimate of drug-likeness (QED) is 0.345. The number of carbonyl (C=O) groups is 1. The van der Waals surface area contributed by atoms with Crippen LogP contribution in [-0.4, -0.2) is 22.0 Å². The fraction of sp³-hybridized carbons (Fsp3) is 0.944. The molecule has 0 spiro atoms. The van der Waals surface area contributed by atoms with Crippen molar-refractivity contribution in [2.24, 2.45) is 0 Å². The molecule has 0 aromatic heterocycles. The third kappa shape index (κ3) is 25.6. The minimum atomic E-state index is -0.653. The summed E-state index contributed by atoms with van der Waals surface area (Å²) in [5, 5.41) is 8.52. The monoisotopic (exact) mass is 340 g/mol.